The highest BCUT2D eigenvalue weighted by molar-refractivity contribution is 6.31. The first-order valence-electron chi connectivity index (χ1n) is 7.82. The van der Waals surface area contributed by atoms with E-state index in [0.29, 0.717) is 22.8 Å². The summed E-state index contributed by atoms with van der Waals surface area (Å²) in [6.45, 7) is 0. The van der Waals surface area contributed by atoms with Gasteiger partial charge in [0, 0.05) is 10.6 Å². The maximum Gasteiger partial charge on any atom is 0.430 e. The molecule has 0 aliphatic carbocycles. The van der Waals surface area contributed by atoms with Gasteiger partial charge in [-0.05, 0) is 47.9 Å². The molecule has 1 aliphatic rings. The van der Waals surface area contributed by atoms with Crippen LogP contribution in [0, 0.1) is 0 Å². The molecule has 27 heavy (non-hydrogen) atoms. The van der Waals surface area contributed by atoms with Crippen LogP contribution in [0.4, 0.5) is 13.2 Å². The maximum absolute atomic E-state index is 13.2. The maximum atomic E-state index is 13.2. The number of hydrogen-bond donors (Lipinski definition) is 1. The molecule has 0 aromatic heterocycles. The summed E-state index contributed by atoms with van der Waals surface area (Å²) in [5.74, 6) is -1.12. The Morgan fingerprint density at radius 1 is 1.30 bits per heavy atom. The number of halogens is 4. The minimum atomic E-state index is -4.85. The smallest absolute Gasteiger partial charge is 0.430 e. The number of rotatable bonds is 4. The average molecular weight is 399 g/mol. The molecule has 1 unspecified atom stereocenters. The van der Waals surface area contributed by atoms with Gasteiger partial charge in [-0.15, -0.1) is 0 Å². The van der Waals surface area contributed by atoms with E-state index in [2.05, 4.69) is 0 Å². The first kappa shape index (κ1) is 19.1. The zero-order valence-electron chi connectivity index (χ0n) is 14.0. The van der Waals surface area contributed by atoms with Gasteiger partial charge in [-0.2, -0.15) is 13.2 Å². The van der Waals surface area contributed by atoms with Crippen LogP contribution in [-0.4, -0.2) is 30.5 Å². The number of methoxy groups -OCH3 is 1. The molecular formula is C19H14ClF3O4. The third kappa shape index (κ3) is 4.03. The Hall–Kier alpha value is -2.67. The third-order valence-corrected chi connectivity index (χ3v) is 4.44. The van der Waals surface area contributed by atoms with Gasteiger partial charge in [-0.25, -0.2) is 4.79 Å². The highest BCUT2D eigenvalue weighted by Gasteiger charge is 2.48. The Morgan fingerprint density at radius 3 is 2.67 bits per heavy atom. The predicted molar refractivity (Wildman–Crippen MR) is 93.3 cm³/mol. The van der Waals surface area contributed by atoms with E-state index in [1.54, 1.807) is 18.2 Å². The van der Waals surface area contributed by atoms with E-state index >= 15 is 0 Å². The second kappa shape index (κ2) is 7.15. The Morgan fingerprint density at radius 2 is 2.04 bits per heavy atom. The van der Waals surface area contributed by atoms with E-state index < -0.39 is 23.8 Å². The number of aliphatic carboxylic acids is 1. The number of carbonyl (C=O) groups is 1. The van der Waals surface area contributed by atoms with Crippen LogP contribution in [0.2, 0.25) is 5.02 Å². The normalized spacial score (nSPS) is 16.2. The summed E-state index contributed by atoms with van der Waals surface area (Å²) in [7, 11) is 1.53. The molecule has 0 saturated heterocycles. The number of benzene rings is 2. The zero-order chi connectivity index (χ0) is 19.8. The first-order valence-corrected chi connectivity index (χ1v) is 8.20. The van der Waals surface area contributed by atoms with Crippen LogP contribution in [0.1, 0.15) is 16.7 Å². The fourth-order valence-corrected chi connectivity index (χ4v) is 3.05. The van der Waals surface area contributed by atoms with Gasteiger partial charge in [0.25, 0.3) is 0 Å². The average Bonchev–Trinajstić information content (AvgIpc) is 2.60. The fraction of sp³-hybridized carbons (Fsp3) is 0.211. The first-order chi connectivity index (χ1) is 12.7. The van der Waals surface area contributed by atoms with Crippen LogP contribution >= 0.6 is 11.6 Å². The lowest BCUT2D eigenvalue weighted by Crippen LogP contribution is -2.40. The lowest BCUT2D eigenvalue weighted by molar-refractivity contribution is -0.187. The highest BCUT2D eigenvalue weighted by atomic mass is 35.5. The minimum absolute atomic E-state index is 0.0652. The molecule has 0 amide bonds. The molecule has 2 aromatic carbocycles. The topological polar surface area (TPSA) is 55.8 Å². The van der Waals surface area contributed by atoms with E-state index in [0.717, 1.165) is 11.6 Å². The van der Waals surface area contributed by atoms with Crippen molar-refractivity contribution < 1.29 is 32.5 Å². The number of hydrogen-bond acceptors (Lipinski definition) is 3. The molecule has 0 bridgehead atoms. The van der Waals surface area contributed by atoms with Crippen molar-refractivity contribution in [2.75, 3.05) is 7.11 Å². The summed E-state index contributed by atoms with van der Waals surface area (Å²) < 4.78 is 49.7. The lowest BCUT2D eigenvalue weighted by Gasteiger charge is -2.27. The Balaban J connectivity index is 1.99. The Labute approximate surface area is 157 Å². The van der Waals surface area contributed by atoms with Gasteiger partial charge in [-0.3, -0.25) is 0 Å². The molecule has 1 heterocycles. The van der Waals surface area contributed by atoms with Crippen LogP contribution in [0.25, 0.3) is 6.08 Å². The van der Waals surface area contributed by atoms with E-state index in [1.807, 2.05) is 6.07 Å². The Kier molecular flexibility index (Phi) is 5.06. The predicted octanol–water partition coefficient (Wildman–Crippen LogP) is 4.73. The number of carboxylic acids is 1. The highest BCUT2D eigenvalue weighted by Crippen LogP contribution is 2.39. The van der Waals surface area contributed by atoms with Crippen molar-refractivity contribution >= 4 is 23.6 Å². The van der Waals surface area contributed by atoms with Gasteiger partial charge in [0.05, 0.1) is 12.7 Å². The van der Waals surface area contributed by atoms with Gasteiger partial charge in [0.1, 0.15) is 11.5 Å². The van der Waals surface area contributed by atoms with Crippen molar-refractivity contribution in [1.29, 1.82) is 0 Å². The molecule has 4 nitrogen and oxygen atoms in total. The number of ether oxygens (including phenoxy) is 2. The van der Waals surface area contributed by atoms with Crippen LogP contribution < -0.4 is 9.47 Å². The molecule has 1 aliphatic heterocycles. The van der Waals surface area contributed by atoms with Crippen molar-refractivity contribution in [3.05, 3.63) is 63.7 Å². The Bertz CT molecular complexity index is 922. The number of alkyl halides is 3. The van der Waals surface area contributed by atoms with Gasteiger partial charge in [0.2, 0.25) is 6.10 Å². The number of fused-ring (bicyclic) bond motifs is 1. The number of carboxylic acid groups (broad SMARTS) is 1. The second-order valence-electron chi connectivity index (χ2n) is 5.95. The van der Waals surface area contributed by atoms with E-state index in [-0.39, 0.29) is 11.3 Å². The van der Waals surface area contributed by atoms with E-state index in [1.165, 1.54) is 19.2 Å². The van der Waals surface area contributed by atoms with Crippen LogP contribution in [0.3, 0.4) is 0 Å². The van der Waals surface area contributed by atoms with Crippen molar-refractivity contribution in [2.45, 2.75) is 18.7 Å². The molecule has 2 aromatic rings. The molecule has 1 atom stereocenters. The quantitative estimate of drug-likeness (QED) is 0.809. The lowest BCUT2D eigenvalue weighted by atomic mass is 9.97. The van der Waals surface area contributed by atoms with Crippen molar-refractivity contribution in [3.8, 4) is 11.5 Å². The SMILES string of the molecule is COc1cccc(Cc2cc3c(cc2Cl)C=C(C(=O)O)C(C(F)(F)F)O3)c1. The molecule has 0 fully saturated rings. The molecule has 8 heteroatoms. The molecule has 1 N–H and O–H groups in total. The summed E-state index contributed by atoms with van der Waals surface area (Å²) in [5.41, 5.74) is 0.705. The summed E-state index contributed by atoms with van der Waals surface area (Å²) in [5, 5.41) is 9.37. The summed E-state index contributed by atoms with van der Waals surface area (Å²) >= 11 is 6.25. The summed E-state index contributed by atoms with van der Waals surface area (Å²) in [6.07, 6.45) is -6.10. The largest absolute Gasteiger partial charge is 0.497 e. The van der Waals surface area contributed by atoms with Crippen molar-refractivity contribution in [3.63, 3.8) is 0 Å². The zero-order valence-corrected chi connectivity index (χ0v) is 14.8. The monoisotopic (exact) mass is 398 g/mol. The van der Waals surface area contributed by atoms with Gasteiger partial charge >= 0.3 is 12.1 Å². The van der Waals surface area contributed by atoms with E-state index in [9.17, 15) is 18.0 Å². The van der Waals surface area contributed by atoms with Crippen molar-refractivity contribution in [2.24, 2.45) is 0 Å². The van der Waals surface area contributed by atoms with Crippen molar-refractivity contribution in [1.82, 2.24) is 0 Å². The van der Waals surface area contributed by atoms with Crippen LogP contribution in [0.15, 0.2) is 42.0 Å². The van der Waals surface area contributed by atoms with Gasteiger partial charge in [0.15, 0.2) is 0 Å². The standard InChI is InChI=1S/C19H14ClF3O4/c1-26-13-4-2-3-10(6-13)5-11-9-16-12(8-15(11)20)7-14(18(24)25)17(27-16)19(21,22)23/h2-4,6-9,17H,5H2,1H3,(H,24,25). The molecular weight excluding hydrogens is 385 g/mol. The summed E-state index contributed by atoms with van der Waals surface area (Å²) in [4.78, 5) is 11.2. The minimum Gasteiger partial charge on any atom is -0.497 e. The molecule has 0 radical (unpaired) electrons. The van der Waals surface area contributed by atoms with E-state index in [4.69, 9.17) is 26.2 Å². The molecule has 3 rings (SSSR count). The molecule has 0 saturated carbocycles. The molecule has 142 valence electrons. The second-order valence-corrected chi connectivity index (χ2v) is 6.36. The van der Waals surface area contributed by atoms with Crippen LogP contribution in [-0.2, 0) is 11.2 Å². The third-order valence-electron chi connectivity index (χ3n) is 4.09. The van der Waals surface area contributed by atoms with Crippen LogP contribution in [0.5, 0.6) is 11.5 Å². The molecule has 0 spiro atoms. The van der Waals surface area contributed by atoms with Gasteiger partial charge < -0.3 is 14.6 Å². The fourth-order valence-electron chi connectivity index (χ4n) is 2.81. The van der Waals surface area contributed by atoms with Gasteiger partial charge in [-0.1, -0.05) is 23.7 Å². The summed E-state index contributed by atoms with van der Waals surface area (Å²) in [6, 6.07) is 10.00.